The number of ether oxygens (including phenoxy) is 2. The van der Waals surface area contributed by atoms with Crippen molar-refractivity contribution in [3.8, 4) is 11.5 Å². The Morgan fingerprint density at radius 1 is 1.17 bits per heavy atom. The molecule has 0 aromatic heterocycles. The molecule has 0 radical (unpaired) electrons. The first-order valence-corrected chi connectivity index (χ1v) is 11.8. The predicted octanol–water partition coefficient (Wildman–Crippen LogP) is 5.91. The van der Waals surface area contributed by atoms with Gasteiger partial charge in [0.15, 0.2) is 22.4 Å². The lowest BCUT2D eigenvalue weighted by Crippen LogP contribution is -2.27. The molecule has 35 heavy (non-hydrogen) atoms. The molecule has 0 spiro atoms. The van der Waals surface area contributed by atoms with Crippen LogP contribution in [0.25, 0.3) is 6.08 Å². The standard InChI is InChI=1S/C25H18ClFN2O4S2/c1-32-20-12-15(13-21-24(31)29(25(34)35-21)18-5-3-2-4-6-18)11-19(26)23(20)33-14-22(30)28-17-9-7-16(27)8-10-17/h2-13H,14H2,1H3,(H,28,30)/b21-13+. The summed E-state index contributed by atoms with van der Waals surface area (Å²) >= 11 is 13.0. The third kappa shape index (κ3) is 5.82. The molecule has 1 aliphatic heterocycles. The van der Waals surface area contributed by atoms with E-state index in [9.17, 15) is 14.0 Å². The maximum Gasteiger partial charge on any atom is 0.270 e. The van der Waals surface area contributed by atoms with Crippen LogP contribution in [-0.4, -0.2) is 29.9 Å². The SMILES string of the molecule is COc1cc(/C=C2/SC(=S)N(c3ccccc3)C2=O)cc(Cl)c1OCC(=O)Nc1ccc(F)cc1. The zero-order chi connectivity index (χ0) is 24.9. The van der Waals surface area contributed by atoms with Crippen molar-refractivity contribution in [2.24, 2.45) is 0 Å². The number of amides is 2. The Labute approximate surface area is 215 Å². The van der Waals surface area contributed by atoms with Crippen LogP contribution in [0.1, 0.15) is 5.56 Å². The molecule has 0 bridgehead atoms. The lowest BCUT2D eigenvalue weighted by atomic mass is 10.1. The molecule has 6 nitrogen and oxygen atoms in total. The number of carbonyl (C=O) groups excluding carboxylic acids is 2. The number of benzene rings is 3. The number of para-hydroxylation sites is 1. The minimum absolute atomic E-state index is 0.178. The molecule has 1 N–H and O–H groups in total. The maximum absolute atomic E-state index is 13.0. The first kappa shape index (κ1) is 24.7. The normalized spacial score (nSPS) is 14.4. The van der Waals surface area contributed by atoms with E-state index in [-0.39, 0.29) is 29.0 Å². The molecule has 0 unspecified atom stereocenters. The van der Waals surface area contributed by atoms with Crippen LogP contribution in [0, 0.1) is 5.82 Å². The molecular formula is C25H18ClFN2O4S2. The highest BCUT2D eigenvalue weighted by Crippen LogP contribution is 2.40. The first-order chi connectivity index (χ1) is 16.9. The minimum atomic E-state index is -0.455. The summed E-state index contributed by atoms with van der Waals surface area (Å²) in [7, 11) is 1.44. The van der Waals surface area contributed by atoms with Gasteiger partial charge in [-0.3, -0.25) is 14.5 Å². The highest BCUT2D eigenvalue weighted by atomic mass is 35.5. The largest absolute Gasteiger partial charge is 0.493 e. The lowest BCUT2D eigenvalue weighted by molar-refractivity contribution is -0.118. The van der Waals surface area contributed by atoms with E-state index in [0.29, 0.717) is 26.2 Å². The molecule has 3 aromatic rings. The van der Waals surface area contributed by atoms with Gasteiger partial charge in [-0.25, -0.2) is 4.39 Å². The highest BCUT2D eigenvalue weighted by molar-refractivity contribution is 8.27. The molecule has 10 heteroatoms. The van der Waals surface area contributed by atoms with Crippen LogP contribution < -0.4 is 19.7 Å². The first-order valence-electron chi connectivity index (χ1n) is 10.2. The van der Waals surface area contributed by atoms with E-state index in [1.54, 1.807) is 18.2 Å². The number of methoxy groups -OCH3 is 1. The van der Waals surface area contributed by atoms with Crippen LogP contribution in [0.5, 0.6) is 11.5 Å². The van der Waals surface area contributed by atoms with Gasteiger partial charge in [0, 0.05) is 5.69 Å². The second-order valence-electron chi connectivity index (χ2n) is 7.23. The fourth-order valence-corrected chi connectivity index (χ4v) is 4.82. The molecule has 0 aliphatic carbocycles. The molecular weight excluding hydrogens is 511 g/mol. The number of nitrogens with zero attached hydrogens (tertiary/aromatic N) is 1. The molecule has 1 heterocycles. The van der Waals surface area contributed by atoms with Crippen molar-refractivity contribution in [3.05, 3.63) is 88.0 Å². The average molecular weight is 529 g/mol. The van der Waals surface area contributed by atoms with Crippen LogP contribution in [0.4, 0.5) is 15.8 Å². The van der Waals surface area contributed by atoms with Crippen LogP contribution in [-0.2, 0) is 9.59 Å². The van der Waals surface area contributed by atoms with Gasteiger partial charge in [-0.2, -0.15) is 0 Å². The summed E-state index contributed by atoms with van der Waals surface area (Å²) in [5, 5.41) is 2.80. The van der Waals surface area contributed by atoms with E-state index in [1.807, 2.05) is 30.3 Å². The number of hydrogen-bond donors (Lipinski definition) is 1. The number of thioether (sulfide) groups is 1. The second-order valence-corrected chi connectivity index (χ2v) is 9.31. The number of carbonyl (C=O) groups is 2. The zero-order valence-electron chi connectivity index (χ0n) is 18.3. The Bertz CT molecular complexity index is 1320. The van der Waals surface area contributed by atoms with E-state index in [1.165, 1.54) is 48.0 Å². The second kappa shape index (κ2) is 10.9. The minimum Gasteiger partial charge on any atom is -0.493 e. The Kier molecular flexibility index (Phi) is 7.70. The van der Waals surface area contributed by atoms with Crippen molar-refractivity contribution < 1.29 is 23.5 Å². The fourth-order valence-electron chi connectivity index (χ4n) is 3.25. The summed E-state index contributed by atoms with van der Waals surface area (Å²) in [5.41, 5.74) is 1.72. The van der Waals surface area contributed by atoms with E-state index >= 15 is 0 Å². The van der Waals surface area contributed by atoms with Crippen LogP contribution >= 0.6 is 35.6 Å². The number of rotatable bonds is 7. The number of halogens is 2. The summed E-state index contributed by atoms with van der Waals surface area (Å²) in [4.78, 5) is 27.1. The van der Waals surface area contributed by atoms with Crippen molar-refractivity contribution >= 4 is 69.2 Å². The van der Waals surface area contributed by atoms with Gasteiger partial charge in [0.2, 0.25) is 0 Å². The van der Waals surface area contributed by atoms with Crippen molar-refractivity contribution in [3.63, 3.8) is 0 Å². The lowest BCUT2D eigenvalue weighted by Gasteiger charge is -2.14. The van der Waals surface area contributed by atoms with E-state index < -0.39 is 11.7 Å². The Balaban J connectivity index is 1.49. The van der Waals surface area contributed by atoms with Gasteiger partial charge in [0.25, 0.3) is 11.8 Å². The zero-order valence-corrected chi connectivity index (χ0v) is 20.7. The Morgan fingerprint density at radius 2 is 1.89 bits per heavy atom. The van der Waals surface area contributed by atoms with Gasteiger partial charge in [-0.1, -0.05) is 53.8 Å². The van der Waals surface area contributed by atoms with Gasteiger partial charge in [0.05, 0.1) is 22.7 Å². The molecule has 3 aromatic carbocycles. The van der Waals surface area contributed by atoms with Crippen molar-refractivity contribution in [2.45, 2.75) is 0 Å². The third-order valence-corrected chi connectivity index (χ3v) is 6.42. The van der Waals surface area contributed by atoms with E-state index in [4.69, 9.17) is 33.3 Å². The molecule has 178 valence electrons. The average Bonchev–Trinajstić information content (AvgIpc) is 3.12. The Hall–Kier alpha value is -3.40. The third-order valence-electron chi connectivity index (χ3n) is 4.83. The summed E-state index contributed by atoms with van der Waals surface area (Å²) in [5.74, 6) is -0.630. The van der Waals surface area contributed by atoms with Crippen molar-refractivity contribution in [1.82, 2.24) is 0 Å². The molecule has 0 saturated carbocycles. The summed E-state index contributed by atoms with van der Waals surface area (Å²) in [6.45, 7) is -0.345. The fraction of sp³-hybridized carbons (Fsp3) is 0.0800. The molecule has 1 fully saturated rings. The number of anilines is 2. The van der Waals surface area contributed by atoms with Crippen molar-refractivity contribution in [2.75, 3.05) is 23.9 Å². The monoisotopic (exact) mass is 528 g/mol. The van der Waals surface area contributed by atoms with E-state index in [0.717, 1.165) is 0 Å². The van der Waals surface area contributed by atoms with Crippen LogP contribution in [0.2, 0.25) is 5.02 Å². The summed E-state index contributed by atoms with van der Waals surface area (Å²) in [6.07, 6.45) is 1.67. The summed E-state index contributed by atoms with van der Waals surface area (Å²) < 4.78 is 24.4. The van der Waals surface area contributed by atoms with E-state index in [2.05, 4.69) is 5.32 Å². The molecule has 1 aliphatic rings. The van der Waals surface area contributed by atoms with Crippen LogP contribution in [0.3, 0.4) is 0 Å². The Morgan fingerprint density at radius 3 is 2.57 bits per heavy atom. The predicted molar refractivity (Wildman–Crippen MR) is 141 cm³/mol. The molecule has 1 saturated heterocycles. The molecule has 0 atom stereocenters. The van der Waals surface area contributed by atoms with Gasteiger partial charge >= 0.3 is 0 Å². The molecule has 2 amide bonds. The van der Waals surface area contributed by atoms with Gasteiger partial charge in [0.1, 0.15) is 5.82 Å². The van der Waals surface area contributed by atoms with Gasteiger partial charge < -0.3 is 14.8 Å². The van der Waals surface area contributed by atoms with Crippen LogP contribution in [0.15, 0.2) is 71.6 Å². The number of thiocarbonyl (C=S) groups is 1. The highest BCUT2D eigenvalue weighted by Gasteiger charge is 2.33. The number of nitrogens with one attached hydrogen (secondary N) is 1. The quantitative estimate of drug-likeness (QED) is 0.304. The maximum atomic E-state index is 13.0. The van der Waals surface area contributed by atoms with Gasteiger partial charge in [-0.15, -0.1) is 0 Å². The number of hydrogen-bond acceptors (Lipinski definition) is 6. The topological polar surface area (TPSA) is 67.9 Å². The smallest absolute Gasteiger partial charge is 0.270 e. The van der Waals surface area contributed by atoms with Gasteiger partial charge in [-0.05, 0) is 60.2 Å². The van der Waals surface area contributed by atoms with Crippen molar-refractivity contribution in [1.29, 1.82) is 0 Å². The summed E-state index contributed by atoms with van der Waals surface area (Å²) in [6, 6.07) is 17.8. The molecule has 4 rings (SSSR count).